The first-order chi connectivity index (χ1) is 10.8. The van der Waals surface area contributed by atoms with Gasteiger partial charge in [0.05, 0.1) is 6.42 Å². The summed E-state index contributed by atoms with van der Waals surface area (Å²) < 4.78 is 5.28. The lowest BCUT2D eigenvalue weighted by molar-refractivity contribution is -0.135. The number of benzene rings is 2. The zero-order valence-corrected chi connectivity index (χ0v) is 14.2. The summed E-state index contributed by atoms with van der Waals surface area (Å²) >= 11 is 0. The van der Waals surface area contributed by atoms with Crippen molar-refractivity contribution in [3.05, 3.63) is 65.2 Å². The molecule has 0 spiro atoms. The maximum Gasteiger partial charge on any atom is 0.312 e. The highest BCUT2D eigenvalue weighted by Crippen LogP contribution is 2.39. The highest BCUT2D eigenvalue weighted by Gasteiger charge is 2.28. The number of carbonyl (C=O) groups excluding carboxylic acids is 1. The predicted molar refractivity (Wildman–Crippen MR) is 92.4 cm³/mol. The Morgan fingerprint density at radius 2 is 1.41 bits per heavy atom. The van der Waals surface area contributed by atoms with E-state index in [4.69, 9.17) is 4.74 Å². The van der Waals surface area contributed by atoms with Crippen LogP contribution in [0.4, 0.5) is 0 Å². The Morgan fingerprint density at radius 1 is 0.864 bits per heavy atom. The van der Waals surface area contributed by atoms with Gasteiger partial charge in [-0.1, -0.05) is 70.2 Å². The summed E-state index contributed by atoms with van der Waals surface area (Å²) in [6.07, 6.45) is 0.419. The Bertz CT molecular complexity index is 602. The zero-order valence-electron chi connectivity index (χ0n) is 14.2. The molecule has 0 amide bonds. The van der Waals surface area contributed by atoms with Crippen LogP contribution in [0.5, 0.6) is 5.75 Å². The molecule has 0 N–H and O–H groups in total. The van der Waals surface area contributed by atoms with Crippen molar-refractivity contribution in [1.29, 1.82) is 0 Å². The summed E-state index contributed by atoms with van der Waals surface area (Å²) in [5.41, 5.74) is 3.53. The minimum absolute atomic E-state index is 0.114. The molecule has 0 saturated heterocycles. The molecular formula is C20H26O2. The smallest absolute Gasteiger partial charge is 0.312 e. The molecule has 0 aromatic heterocycles. The molecule has 22 heavy (non-hydrogen) atoms. The number of fused-ring (bicyclic) bond motifs is 1. The van der Waals surface area contributed by atoms with E-state index >= 15 is 0 Å². The van der Waals surface area contributed by atoms with Crippen molar-refractivity contribution in [1.82, 2.24) is 0 Å². The third-order valence-electron chi connectivity index (χ3n) is 3.45. The van der Waals surface area contributed by atoms with Crippen LogP contribution >= 0.6 is 0 Å². The molecule has 1 aliphatic heterocycles. The topological polar surface area (TPSA) is 26.3 Å². The minimum Gasteiger partial charge on any atom is -0.426 e. The summed E-state index contributed by atoms with van der Waals surface area (Å²) in [5, 5.41) is 0. The van der Waals surface area contributed by atoms with Crippen LogP contribution in [0, 0.1) is 6.92 Å². The molecule has 0 fully saturated rings. The molecule has 0 bridgehead atoms. The molecule has 2 nitrogen and oxygen atoms in total. The van der Waals surface area contributed by atoms with Crippen molar-refractivity contribution >= 4 is 5.97 Å². The van der Waals surface area contributed by atoms with Crippen LogP contribution in [0.2, 0.25) is 0 Å². The Kier molecular flexibility index (Phi) is 7.38. The second-order valence-corrected chi connectivity index (χ2v) is 4.63. The van der Waals surface area contributed by atoms with E-state index in [9.17, 15) is 4.79 Å². The lowest BCUT2D eigenvalue weighted by Crippen LogP contribution is -2.21. The number of aryl methyl sites for hydroxylation is 1. The largest absolute Gasteiger partial charge is 0.426 e. The molecule has 2 aromatic carbocycles. The minimum atomic E-state index is -0.151. The number of para-hydroxylation sites is 1. The number of ether oxygens (including phenoxy) is 1. The van der Waals surface area contributed by atoms with Gasteiger partial charge in [-0.25, -0.2) is 0 Å². The van der Waals surface area contributed by atoms with Gasteiger partial charge in [-0.2, -0.15) is 0 Å². The van der Waals surface area contributed by atoms with Gasteiger partial charge in [-0.3, -0.25) is 4.79 Å². The van der Waals surface area contributed by atoms with Crippen LogP contribution in [0.1, 0.15) is 56.7 Å². The molecule has 2 aromatic rings. The second-order valence-electron chi connectivity index (χ2n) is 4.63. The van der Waals surface area contributed by atoms with E-state index in [2.05, 4.69) is 19.1 Å². The molecule has 1 heterocycles. The molecule has 118 valence electrons. The normalized spacial score (nSPS) is 15.3. The lowest BCUT2D eigenvalue weighted by Gasteiger charge is -2.25. The van der Waals surface area contributed by atoms with Crippen molar-refractivity contribution in [3.8, 4) is 5.75 Å². The Hall–Kier alpha value is -2.09. The molecule has 0 aliphatic carbocycles. The molecule has 1 aliphatic rings. The van der Waals surface area contributed by atoms with E-state index < -0.39 is 0 Å². The van der Waals surface area contributed by atoms with Crippen LogP contribution in [0.25, 0.3) is 0 Å². The van der Waals surface area contributed by atoms with Crippen LogP contribution in [0.3, 0.4) is 0 Å². The van der Waals surface area contributed by atoms with Gasteiger partial charge in [-0.05, 0) is 24.1 Å². The van der Waals surface area contributed by atoms with E-state index in [-0.39, 0.29) is 11.9 Å². The third-order valence-corrected chi connectivity index (χ3v) is 3.45. The summed E-state index contributed by atoms with van der Waals surface area (Å²) in [6.45, 7) is 10.1. The fraction of sp³-hybridized carbons (Fsp3) is 0.350. The van der Waals surface area contributed by atoms with Crippen molar-refractivity contribution in [2.45, 2.75) is 47.0 Å². The summed E-state index contributed by atoms with van der Waals surface area (Å²) in [5.74, 6) is 0.660. The Labute approximate surface area is 134 Å². The molecule has 0 saturated carbocycles. The number of rotatable bonds is 1. The quantitative estimate of drug-likeness (QED) is 0.514. The first-order valence-electron chi connectivity index (χ1n) is 8.11. The van der Waals surface area contributed by atoms with E-state index in [1.807, 2.05) is 64.1 Å². The average molecular weight is 298 g/mol. The highest BCUT2D eigenvalue weighted by atomic mass is 16.5. The summed E-state index contributed by atoms with van der Waals surface area (Å²) in [7, 11) is 0. The van der Waals surface area contributed by atoms with Gasteiger partial charge < -0.3 is 4.74 Å². The summed E-state index contributed by atoms with van der Waals surface area (Å²) in [4.78, 5) is 11.7. The fourth-order valence-electron chi connectivity index (χ4n) is 2.56. The van der Waals surface area contributed by atoms with Gasteiger partial charge in [-0.15, -0.1) is 0 Å². The fourth-order valence-corrected chi connectivity index (χ4v) is 2.56. The van der Waals surface area contributed by atoms with Gasteiger partial charge in [0, 0.05) is 11.5 Å². The van der Waals surface area contributed by atoms with Gasteiger partial charge in [0.2, 0.25) is 0 Å². The highest BCUT2D eigenvalue weighted by molar-refractivity contribution is 5.77. The van der Waals surface area contributed by atoms with Gasteiger partial charge >= 0.3 is 5.97 Å². The standard InChI is InChI=1S/C16H14O2.2C2H6/c1-11-6-2-3-7-12(11)14-10-16(17)18-15-9-5-4-8-13(14)15;2*1-2/h2-9,14H,10H2,1H3;2*1-2H3/t14-;;/m1../s1. The van der Waals surface area contributed by atoms with E-state index in [0.717, 1.165) is 5.56 Å². The first-order valence-corrected chi connectivity index (χ1v) is 8.11. The molecule has 2 heteroatoms. The Morgan fingerprint density at radius 3 is 2.05 bits per heavy atom. The van der Waals surface area contributed by atoms with Crippen molar-refractivity contribution in [3.63, 3.8) is 0 Å². The number of hydrogen-bond acceptors (Lipinski definition) is 2. The number of esters is 1. The maximum absolute atomic E-state index is 11.7. The Balaban J connectivity index is 0.000000561. The molecule has 1 atom stereocenters. The summed E-state index contributed by atoms with van der Waals surface area (Å²) in [6, 6.07) is 16.0. The van der Waals surface area contributed by atoms with Gasteiger partial charge in [0.1, 0.15) is 5.75 Å². The van der Waals surface area contributed by atoms with Gasteiger partial charge in [0.25, 0.3) is 0 Å². The molecule has 3 rings (SSSR count). The number of carbonyl (C=O) groups is 1. The predicted octanol–water partition coefficient (Wildman–Crippen LogP) is 5.49. The average Bonchev–Trinajstić information content (AvgIpc) is 2.58. The van der Waals surface area contributed by atoms with Crippen LogP contribution in [-0.2, 0) is 4.79 Å². The monoisotopic (exact) mass is 298 g/mol. The van der Waals surface area contributed by atoms with Crippen molar-refractivity contribution < 1.29 is 9.53 Å². The number of hydrogen-bond donors (Lipinski definition) is 0. The van der Waals surface area contributed by atoms with E-state index in [0.29, 0.717) is 12.2 Å². The third kappa shape index (κ3) is 3.97. The van der Waals surface area contributed by atoms with Crippen molar-refractivity contribution in [2.24, 2.45) is 0 Å². The first kappa shape index (κ1) is 18.0. The van der Waals surface area contributed by atoms with E-state index in [1.165, 1.54) is 11.1 Å². The van der Waals surface area contributed by atoms with Crippen molar-refractivity contribution in [2.75, 3.05) is 0 Å². The molecule has 0 unspecified atom stereocenters. The van der Waals surface area contributed by atoms with Crippen LogP contribution < -0.4 is 4.74 Å². The van der Waals surface area contributed by atoms with Gasteiger partial charge in [0.15, 0.2) is 0 Å². The lowest BCUT2D eigenvalue weighted by atomic mass is 9.84. The zero-order chi connectivity index (χ0) is 16.5. The SMILES string of the molecule is CC.CC.Cc1ccccc1[C@H]1CC(=O)Oc2ccccc21. The van der Waals surface area contributed by atoms with E-state index in [1.54, 1.807) is 0 Å². The molecular weight excluding hydrogens is 272 g/mol. The molecule has 0 radical (unpaired) electrons. The maximum atomic E-state index is 11.7. The van der Waals surface area contributed by atoms with Crippen LogP contribution in [-0.4, -0.2) is 5.97 Å². The second kappa shape index (κ2) is 9.04. The van der Waals surface area contributed by atoms with Crippen LogP contribution in [0.15, 0.2) is 48.5 Å².